The molecule has 0 rings (SSSR count). The second-order valence-corrected chi connectivity index (χ2v) is 2.63. The maximum absolute atomic E-state index is 10.0. The van der Waals surface area contributed by atoms with Crippen LogP contribution < -0.4 is 9.79 Å². The van der Waals surface area contributed by atoms with E-state index < -0.39 is 31.7 Å². The van der Waals surface area contributed by atoms with E-state index >= 15 is 0 Å². The molecule has 62 valence electrons. The van der Waals surface area contributed by atoms with Crippen molar-refractivity contribution in [3.05, 3.63) is 0 Å². The molecule has 0 aromatic rings. The van der Waals surface area contributed by atoms with Gasteiger partial charge >= 0.3 is 11.9 Å². The van der Waals surface area contributed by atoms with E-state index in [0.29, 0.717) is 0 Å². The van der Waals surface area contributed by atoms with Gasteiger partial charge in [0.2, 0.25) is 5.29 Å². The van der Waals surface area contributed by atoms with Crippen LogP contribution in [0.1, 0.15) is 6.42 Å². The standard InChI is InChI=1S/C4H5O6P/c5-3(6)1-2(4(7)8)11(9)10/h1H2,(H,5,6)(H,7,8)(H,9,10)/p-1. The molecule has 0 aliphatic rings. The summed E-state index contributed by atoms with van der Waals surface area (Å²) in [6.45, 7) is 0. The first-order valence-corrected chi connectivity index (χ1v) is 3.58. The molecule has 0 aliphatic carbocycles. The van der Waals surface area contributed by atoms with Gasteiger partial charge in [0.25, 0.3) is 0 Å². The minimum Gasteiger partial charge on any atom is -0.633 e. The number of carboxylic acids is 2. The molecule has 0 amide bonds. The van der Waals surface area contributed by atoms with E-state index in [1.165, 1.54) is 0 Å². The van der Waals surface area contributed by atoms with E-state index in [2.05, 4.69) is 0 Å². The molecule has 0 heterocycles. The fraction of sp³-hybridized carbons (Fsp3) is 0.250. The van der Waals surface area contributed by atoms with Crippen molar-refractivity contribution in [1.29, 1.82) is 0 Å². The van der Waals surface area contributed by atoms with Crippen molar-refractivity contribution in [3.8, 4) is 0 Å². The number of hydrogen-bond donors (Lipinski definition) is 2. The van der Waals surface area contributed by atoms with Crippen molar-refractivity contribution in [2.75, 3.05) is 0 Å². The monoisotopic (exact) mass is 179 g/mol. The van der Waals surface area contributed by atoms with E-state index in [9.17, 15) is 19.4 Å². The number of carbonyl (C=O) groups is 2. The Kier molecular flexibility index (Phi) is 3.67. The van der Waals surface area contributed by atoms with Crippen molar-refractivity contribution >= 4 is 25.2 Å². The molecule has 7 heteroatoms. The Morgan fingerprint density at radius 3 is 1.82 bits per heavy atom. The first kappa shape index (κ1) is 10.0. The van der Waals surface area contributed by atoms with Crippen molar-refractivity contribution in [1.82, 2.24) is 0 Å². The molecule has 0 spiro atoms. The predicted octanol–water partition coefficient (Wildman–Crippen LogP) is -2.25. The highest BCUT2D eigenvalue weighted by atomic mass is 31.1. The average Bonchev–Trinajstić information content (AvgIpc) is 1.81. The van der Waals surface area contributed by atoms with Crippen LogP contribution >= 0.6 is 8.00 Å². The molecular weight excluding hydrogens is 175 g/mol. The molecule has 2 N–H and O–H groups in total. The van der Waals surface area contributed by atoms with Gasteiger partial charge in [-0.3, -0.25) is 4.79 Å². The zero-order chi connectivity index (χ0) is 9.02. The smallest absolute Gasteiger partial charge is 0.374 e. The number of hydrogen-bond acceptors (Lipinski definition) is 4. The molecule has 0 aromatic carbocycles. The molecule has 0 unspecified atom stereocenters. The molecule has 0 bridgehead atoms. The largest absolute Gasteiger partial charge is 0.633 e. The lowest BCUT2D eigenvalue weighted by Gasteiger charge is -2.02. The quantitative estimate of drug-likeness (QED) is 0.472. The lowest BCUT2D eigenvalue weighted by atomic mass is 10.3. The summed E-state index contributed by atoms with van der Waals surface area (Å²) in [6.07, 6.45) is -0.978. The Labute approximate surface area is 62.3 Å². The lowest BCUT2D eigenvalue weighted by molar-refractivity contribution is -0.281. The van der Waals surface area contributed by atoms with E-state index in [1.54, 1.807) is 0 Å². The second-order valence-electron chi connectivity index (χ2n) is 1.58. The third kappa shape index (κ3) is 3.67. The Morgan fingerprint density at radius 1 is 1.27 bits per heavy atom. The summed E-state index contributed by atoms with van der Waals surface area (Å²) in [5, 5.41) is 15.1. The minimum atomic E-state index is -3.30. The predicted molar refractivity (Wildman–Crippen MR) is 31.8 cm³/mol. The second kappa shape index (κ2) is 4.02. The van der Waals surface area contributed by atoms with Crippen LogP contribution in [0.3, 0.4) is 0 Å². The van der Waals surface area contributed by atoms with Crippen molar-refractivity contribution in [3.63, 3.8) is 0 Å². The molecule has 0 atom stereocenters. The number of aliphatic carboxylic acids is 2. The van der Waals surface area contributed by atoms with Gasteiger partial charge < -0.3 is 20.0 Å². The Balaban J connectivity index is 4.52. The van der Waals surface area contributed by atoms with E-state index in [4.69, 9.17) is 10.2 Å². The van der Waals surface area contributed by atoms with Gasteiger partial charge in [0.05, 0.1) is 0 Å². The lowest BCUT2D eigenvalue weighted by Crippen LogP contribution is -2.22. The molecule has 0 saturated carbocycles. The van der Waals surface area contributed by atoms with Crippen LogP contribution in [-0.2, 0) is 9.59 Å². The van der Waals surface area contributed by atoms with Gasteiger partial charge in [0.1, 0.15) is 6.42 Å². The summed E-state index contributed by atoms with van der Waals surface area (Å²) in [6, 6.07) is 0. The topological polar surface area (TPSA) is 121 Å². The number of rotatable bonds is 3. The van der Waals surface area contributed by atoms with Gasteiger partial charge in [0.15, 0.2) is 0 Å². The van der Waals surface area contributed by atoms with Gasteiger partial charge in [0, 0.05) is 8.00 Å². The summed E-state index contributed by atoms with van der Waals surface area (Å²) in [5.74, 6) is -3.20. The Bertz CT molecular complexity index is 215. The van der Waals surface area contributed by atoms with Crippen LogP contribution in [0.4, 0.5) is 0 Å². The zero-order valence-corrected chi connectivity index (χ0v) is 6.08. The molecule has 0 aromatic heterocycles. The maximum Gasteiger partial charge on any atom is 0.374 e. The fourth-order valence-electron chi connectivity index (χ4n) is 0.361. The van der Waals surface area contributed by atoms with Gasteiger partial charge in [-0.15, -0.1) is 0 Å². The van der Waals surface area contributed by atoms with Crippen LogP contribution in [0.2, 0.25) is 0 Å². The van der Waals surface area contributed by atoms with E-state index in [0.717, 1.165) is 0 Å². The summed E-state index contributed by atoms with van der Waals surface area (Å²) in [4.78, 5) is 39.9. The third-order valence-corrected chi connectivity index (χ3v) is 1.58. The van der Waals surface area contributed by atoms with Crippen LogP contribution in [0, 0.1) is 0 Å². The van der Waals surface area contributed by atoms with Crippen LogP contribution in [0.25, 0.3) is 0 Å². The van der Waals surface area contributed by atoms with Gasteiger partial charge in [-0.25, -0.2) is 4.79 Å². The Hall–Kier alpha value is -0.970. The molecule has 11 heavy (non-hydrogen) atoms. The zero-order valence-electron chi connectivity index (χ0n) is 5.18. The SMILES string of the molecule is O=C(O)CC(C(=O)O)=[P+]([O-])[O-]. The van der Waals surface area contributed by atoms with Gasteiger partial charge in [-0.1, -0.05) is 0 Å². The highest BCUT2D eigenvalue weighted by Gasteiger charge is 2.17. The normalized spacial score (nSPS) is 8.91. The first-order valence-electron chi connectivity index (χ1n) is 2.40. The summed E-state index contributed by atoms with van der Waals surface area (Å²) >= 11 is 0. The van der Waals surface area contributed by atoms with E-state index in [1.807, 2.05) is 0 Å². The molecule has 0 saturated heterocycles. The van der Waals surface area contributed by atoms with Crippen molar-refractivity contribution in [2.24, 2.45) is 0 Å². The van der Waals surface area contributed by atoms with Gasteiger partial charge in [-0.2, -0.15) is 0 Å². The van der Waals surface area contributed by atoms with Crippen LogP contribution in [0.5, 0.6) is 0 Å². The Morgan fingerprint density at radius 2 is 1.73 bits per heavy atom. The summed E-state index contributed by atoms with van der Waals surface area (Å²) in [5.41, 5.74) is 0. The summed E-state index contributed by atoms with van der Waals surface area (Å²) in [7, 11) is -3.30. The minimum absolute atomic E-state index is 0.978. The molecular formula is C4H4O6P-. The van der Waals surface area contributed by atoms with Crippen molar-refractivity contribution in [2.45, 2.75) is 6.42 Å². The molecule has 6 nitrogen and oxygen atoms in total. The highest BCUT2D eigenvalue weighted by molar-refractivity contribution is 7.47. The van der Waals surface area contributed by atoms with Crippen LogP contribution in [0.15, 0.2) is 0 Å². The molecule has 0 aliphatic heterocycles. The first-order chi connectivity index (χ1) is 4.95. The number of carboxylic acid groups (broad SMARTS) is 2. The highest BCUT2D eigenvalue weighted by Crippen LogP contribution is 2.03. The average molecular weight is 179 g/mol. The molecule has 0 fully saturated rings. The van der Waals surface area contributed by atoms with Crippen LogP contribution in [-0.4, -0.2) is 27.4 Å². The van der Waals surface area contributed by atoms with Gasteiger partial charge in [-0.05, 0) is 0 Å². The molecule has 0 radical (unpaired) electrons. The van der Waals surface area contributed by atoms with Crippen molar-refractivity contribution < 1.29 is 29.6 Å². The maximum atomic E-state index is 10.0. The third-order valence-electron chi connectivity index (χ3n) is 0.786. The fourth-order valence-corrected chi connectivity index (χ4v) is 0.782. The summed E-state index contributed by atoms with van der Waals surface area (Å²) < 4.78 is 0. The van der Waals surface area contributed by atoms with E-state index in [-0.39, 0.29) is 0 Å².